The van der Waals surface area contributed by atoms with Gasteiger partial charge in [0.25, 0.3) is 0 Å². The molecule has 0 bridgehead atoms. The van der Waals surface area contributed by atoms with Gasteiger partial charge in [0, 0.05) is 26.2 Å². The molecule has 1 saturated heterocycles. The highest BCUT2D eigenvalue weighted by atomic mass is 15.3. The molecule has 2 rings (SSSR count). The van der Waals surface area contributed by atoms with Crippen LogP contribution < -0.4 is 5.73 Å². The van der Waals surface area contributed by atoms with E-state index in [1.54, 1.807) is 0 Å². The molecule has 0 spiro atoms. The lowest BCUT2D eigenvalue weighted by atomic mass is 9.66. The standard InChI is InChI=1S/C13H27N3/c1-2-15-8-10-16(11-9-15)7-6-13(12-14)4-3-5-13/h2-12,14H2,1H3. The lowest BCUT2D eigenvalue weighted by Gasteiger charge is -2.43. The van der Waals surface area contributed by atoms with Crippen LogP contribution in [0.15, 0.2) is 0 Å². The Bertz CT molecular complexity index is 200. The smallest absolute Gasteiger partial charge is 0.0110 e. The average Bonchev–Trinajstić information content (AvgIpc) is 2.29. The van der Waals surface area contributed by atoms with Crippen molar-refractivity contribution in [2.45, 2.75) is 32.6 Å². The Hall–Kier alpha value is -0.120. The lowest BCUT2D eigenvalue weighted by molar-refractivity contribution is 0.0818. The molecule has 2 aliphatic rings. The monoisotopic (exact) mass is 225 g/mol. The number of hydrogen-bond acceptors (Lipinski definition) is 3. The lowest BCUT2D eigenvalue weighted by Crippen LogP contribution is -2.48. The number of likely N-dealkylation sites (N-methyl/N-ethyl adjacent to an activating group) is 1. The van der Waals surface area contributed by atoms with Crippen molar-refractivity contribution < 1.29 is 0 Å². The molecule has 0 aromatic heterocycles. The van der Waals surface area contributed by atoms with Gasteiger partial charge in [0.1, 0.15) is 0 Å². The fourth-order valence-electron chi connectivity index (χ4n) is 2.96. The summed E-state index contributed by atoms with van der Waals surface area (Å²) < 4.78 is 0. The second-order valence-corrected chi connectivity index (χ2v) is 5.58. The van der Waals surface area contributed by atoms with Crippen LogP contribution in [0.4, 0.5) is 0 Å². The molecule has 0 radical (unpaired) electrons. The molecule has 0 amide bonds. The van der Waals surface area contributed by atoms with Gasteiger partial charge in [-0.1, -0.05) is 13.3 Å². The average molecular weight is 225 g/mol. The van der Waals surface area contributed by atoms with E-state index in [0.717, 1.165) is 6.54 Å². The summed E-state index contributed by atoms with van der Waals surface area (Å²) in [6.07, 6.45) is 5.48. The van der Waals surface area contributed by atoms with E-state index in [0.29, 0.717) is 5.41 Å². The van der Waals surface area contributed by atoms with Gasteiger partial charge in [-0.15, -0.1) is 0 Å². The summed E-state index contributed by atoms with van der Waals surface area (Å²) in [4.78, 5) is 5.17. The van der Waals surface area contributed by atoms with Gasteiger partial charge in [0.2, 0.25) is 0 Å². The van der Waals surface area contributed by atoms with E-state index in [1.165, 1.54) is 65.0 Å². The second-order valence-electron chi connectivity index (χ2n) is 5.58. The van der Waals surface area contributed by atoms with Crippen LogP contribution in [-0.4, -0.2) is 55.6 Å². The van der Waals surface area contributed by atoms with Crippen LogP contribution in [-0.2, 0) is 0 Å². The van der Waals surface area contributed by atoms with Gasteiger partial charge in [-0.25, -0.2) is 0 Å². The number of piperazine rings is 1. The minimum atomic E-state index is 0.530. The molecule has 0 unspecified atom stereocenters. The molecule has 1 aliphatic heterocycles. The Labute approximate surface area is 100.0 Å². The van der Waals surface area contributed by atoms with Crippen molar-refractivity contribution in [3.05, 3.63) is 0 Å². The van der Waals surface area contributed by atoms with E-state index in [1.807, 2.05) is 0 Å². The van der Waals surface area contributed by atoms with Gasteiger partial charge in [0.15, 0.2) is 0 Å². The van der Waals surface area contributed by atoms with Crippen molar-refractivity contribution in [3.8, 4) is 0 Å². The molecular formula is C13H27N3. The van der Waals surface area contributed by atoms with Crippen molar-refractivity contribution >= 4 is 0 Å². The zero-order valence-electron chi connectivity index (χ0n) is 10.7. The topological polar surface area (TPSA) is 32.5 Å². The quantitative estimate of drug-likeness (QED) is 0.761. The predicted octanol–water partition coefficient (Wildman–Crippen LogP) is 1.14. The maximum Gasteiger partial charge on any atom is 0.0110 e. The Balaban J connectivity index is 1.67. The summed E-state index contributed by atoms with van der Waals surface area (Å²) >= 11 is 0. The van der Waals surface area contributed by atoms with Gasteiger partial charge >= 0.3 is 0 Å². The van der Waals surface area contributed by atoms with Gasteiger partial charge in [-0.05, 0) is 44.3 Å². The molecule has 3 nitrogen and oxygen atoms in total. The van der Waals surface area contributed by atoms with Crippen molar-refractivity contribution in [3.63, 3.8) is 0 Å². The van der Waals surface area contributed by atoms with E-state index in [4.69, 9.17) is 5.73 Å². The van der Waals surface area contributed by atoms with Crippen molar-refractivity contribution in [1.29, 1.82) is 0 Å². The molecule has 0 aromatic rings. The molecule has 3 heteroatoms. The van der Waals surface area contributed by atoms with E-state index >= 15 is 0 Å². The summed E-state index contributed by atoms with van der Waals surface area (Å²) in [6, 6.07) is 0. The SMILES string of the molecule is CCN1CCN(CCC2(CN)CCC2)CC1. The number of nitrogens with two attached hydrogens (primary N) is 1. The summed E-state index contributed by atoms with van der Waals surface area (Å²) in [5, 5.41) is 0. The third-order valence-electron chi connectivity index (χ3n) is 4.72. The first-order valence-electron chi connectivity index (χ1n) is 6.93. The Morgan fingerprint density at radius 3 is 2.12 bits per heavy atom. The zero-order valence-corrected chi connectivity index (χ0v) is 10.7. The molecule has 2 N–H and O–H groups in total. The minimum absolute atomic E-state index is 0.530. The maximum absolute atomic E-state index is 5.90. The third-order valence-corrected chi connectivity index (χ3v) is 4.72. The third kappa shape index (κ3) is 2.76. The second kappa shape index (κ2) is 5.48. The van der Waals surface area contributed by atoms with Crippen molar-refractivity contribution in [2.75, 3.05) is 45.8 Å². The first kappa shape index (κ1) is 12.3. The molecule has 0 atom stereocenters. The highest BCUT2D eigenvalue weighted by Gasteiger charge is 2.35. The Kier molecular flexibility index (Phi) is 4.22. The van der Waals surface area contributed by atoms with Gasteiger partial charge in [0.05, 0.1) is 0 Å². The molecule has 1 aliphatic carbocycles. The zero-order chi connectivity index (χ0) is 11.4. The largest absolute Gasteiger partial charge is 0.330 e. The van der Waals surface area contributed by atoms with Crippen LogP contribution >= 0.6 is 0 Å². The van der Waals surface area contributed by atoms with Crippen LogP contribution in [0.3, 0.4) is 0 Å². The molecule has 1 saturated carbocycles. The summed E-state index contributed by atoms with van der Waals surface area (Å²) in [7, 11) is 0. The molecule has 16 heavy (non-hydrogen) atoms. The normalized spacial score (nSPS) is 26.6. The van der Waals surface area contributed by atoms with E-state index in [9.17, 15) is 0 Å². The van der Waals surface area contributed by atoms with E-state index in [2.05, 4.69) is 16.7 Å². The van der Waals surface area contributed by atoms with Crippen molar-refractivity contribution in [2.24, 2.45) is 11.1 Å². The Morgan fingerprint density at radius 1 is 1.06 bits per heavy atom. The van der Waals surface area contributed by atoms with Crippen LogP contribution in [0.25, 0.3) is 0 Å². The minimum Gasteiger partial charge on any atom is -0.330 e. The maximum atomic E-state index is 5.90. The van der Waals surface area contributed by atoms with Gasteiger partial charge < -0.3 is 15.5 Å². The number of hydrogen-bond donors (Lipinski definition) is 1. The fourth-order valence-corrected chi connectivity index (χ4v) is 2.96. The van der Waals surface area contributed by atoms with E-state index < -0.39 is 0 Å². The summed E-state index contributed by atoms with van der Waals surface area (Å²) in [5.41, 5.74) is 6.43. The summed E-state index contributed by atoms with van der Waals surface area (Å²) in [5.74, 6) is 0. The number of rotatable bonds is 5. The highest BCUT2D eigenvalue weighted by Crippen LogP contribution is 2.42. The molecule has 0 aromatic carbocycles. The van der Waals surface area contributed by atoms with E-state index in [-0.39, 0.29) is 0 Å². The molecule has 2 fully saturated rings. The van der Waals surface area contributed by atoms with Crippen LogP contribution in [0, 0.1) is 5.41 Å². The first-order chi connectivity index (χ1) is 7.78. The molecule has 1 heterocycles. The number of nitrogens with zero attached hydrogens (tertiary/aromatic N) is 2. The molecular weight excluding hydrogens is 198 g/mol. The van der Waals surface area contributed by atoms with Gasteiger partial charge in [-0.3, -0.25) is 0 Å². The van der Waals surface area contributed by atoms with Crippen molar-refractivity contribution in [1.82, 2.24) is 9.80 Å². The predicted molar refractivity (Wildman–Crippen MR) is 68.5 cm³/mol. The fraction of sp³-hybridized carbons (Fsp3) is 1.00. The Morgan fingerprint density at radius 2 is 1.69 bits per heavy atom. The highest BCUT2D eigenvalue weighted by molar-refractivity contribution is 4.89. The van der Waals surface area contributed by atoms with Crippen LogP contribution in [0.1, 0.15) is 32.6 Å². The van der Waals surface area contributed by atoms with Crippen LogP contribution in [0.2, 0.25) is 0 Å². The summed E-state index contributed by atoms with van der Waals surface area (Å²) in [6.45, 7) is 10.7. The first-order valence-corrected chi connectivity index (χ1v) is 6.93. The van der Waals surface area contributed by atoms with Crippen LogP contribution in [0.5, 0.6) is 0 Å². The molecule has 94 valence electrons. The van der Waals surface area contributed by atoms with Gasteiger partial charge in [-0.2, -0.15) is 0 Å².